The van der Waals surface area contributed by atoms with Gasteiger partial charge in [0.05, 0.1) is 0 Å². The molecule has 1 aromatic heterocycles. The van der Waals surface area contributed by atoms with Gasteiger partial charge in [-0.25, -0.2) is 0 Å². The Balaban J connectivity index is 2.83. The summed E-state index contributed by atoms with van der Waals surface area (Å²) in [4.78, 5) is 21.5. The minimum atomic E-state index is -1.45. The maximum atomic E-state index is 10.7. The van der Waals surface area contributed by atoms with E-state index in [1.54, 1.807) is 6.07 Å². The molecule has 94 valence electrons. The number of hydrogen-bond acceptors (Lipinski definition) is 3. The van der Waals surface area contributed by atoms with Gasteiger partial charge in [-0.1, -0.05) is 6.92 Å². The molecule has 0 atom stereocenters. The zero-order valence-electron chi connectivity index (χ0n) is 9.90. The second-order valence-electron chi connectivity index (χ2n) is 4.00. The van der Waals surface area contributed by atoms with Crippen LogP contribution < -0.4 is 0 Å². The molecule has 5 nitrogen and oxygen atoms in total. The molecule has 1 heterocycles. The molecule has 0 unspecified atom stereocenters. The fourth-order valence-electron chi connectivity index (χ4n) is 1.65. The normalized spacial score (nSPS) is 10.8. The first-order valence-electron chi connectivity index (χ1n) is 5.49. The average molecular weight is 240 g/mol. The monoisotopic (exact) mass is 240 g/mol. The molecule has 17 heavy (non-hydrogen) atoms. The third kappa shape index (κ3) is 3.34. The second kappa shape index (κ2) is 5.52. The maximum Gasteiger partial charge on any atom is 0.318 e. The van der Waals surface area contributed by atoms with Crippen molar-refractivity contribution < 1.29 is 24.2 Å². The van der Waals surface area contributed by atoms with Crippen LogP contribution >= 0.6 is 0 Å². The molecule has 0 bridgehead atoms. The molecule has 0 spiro atoms. The van der Waals surface area contributed by atoms with E-state index < -0.39 is 17.9 Å². The van der Waals surface area contributed by atoms with E-state index in [2.05, 4.69) is 0 Å². The van der Waals surface area contributed by atoms with Crippen molar-refractivity contribution in [3.63, 3.8) is 0 Å². The van der Waals surface area contributed by atoms with Gasteiger partial charge >= 0.3 is 11.9 Å². The number of carbonyl (C=O) groups is 2. The largest absolute Gasteiger partial charge is 0.481 e. The van der Waals surface area contributed by atoms with Crippen LogP contribution in [0.2, 0.25) is 0 Å². The third-order valence-electron chi connectivity index (χ3n) is 2.55. The molecule has 0 amide bonds. The number of carboxylic acids is 2. The van der Waals surface area contributed by atoms with Crippen LogP contribution in [0.4, 0.5) is 0 Å². The van der Waals surface area contributed by atoms with Crippen LogP contribution in [0.5, 0.6) is 0 Å². The summed E-state index contributed by atoms with van der Waals surface area (Å²) in [5.74, 6) is -2.92. The van der Waals surface area contributed by atoms with Crippen LogP contribution in [0.1, 0.15) is 30.4 Å². The molecule has 0 aliphatic carbocycles. The summed E-state index contributed by atoms with van der Waals surface area (Å²) >= 11 is 0. The Morgan fingerprint density at radius 2 is 1.94 bits per heavy atom. The number of aryl methyl sites for hydroxylation is 2. The molecule has 0 aromatic carbocycles. The van der Waals surface area contributed by atoms with Gasteiger partial charge in [0, 0.05) is 12.8 Å². The highest BCUT2D eigenvalue weighted by molar-refractivity contribution is 5.93. The first-order chi connectivity index (χ1) is 7.95. The standard InChI is InChI=1S/C12H16O5/c1-3-4-10-7(2)5-8(17-10)6-9(11(13)14)12(15)16/h5,9H,3-4,6H2,1-2H3,(H,13,14)(H,15,16). The Bertz CT molecular complexity index is 405. The highest BCUT2D eigenvalue weighted by Gasteiger charge is 2.27. The van der Waals surface area contributed by atoms with E-state index in [0.29, 0.717) is 5.76 Å². The third-order valence-corrected chi connectivity index (χ3v) is 2.55. The first kappa shape index (κ1) is 13.3. The Morgan fingerprint density at radius 3 is 2.41 bits per heavy atom. The van der Waals surface area contributed by atoms with Crippen molar-refractivity contribution in [1.29, 1.82) is 0 Å². The number of carboxylic acid groups (broad SMARTS) is 2. The van der Waals surface area contributed by atoms with Crippen molar-refractivity contribution in [2.75, 3.05) is 0 Å². The molecular weight excluding hydrogens is 224 g/mol. The van der Waals surface area contributed by atoms with Gasteiger partial charge < -0.3 is 14.6 Å². The van der Waals surface area contributed by atoms with E-state index in [1.807, 2.05) is 13.8 Å². The molecular formula is C12H16O5. The van der Waals surface area contributed by atoms with Gasteiger partial charge in [0.15, 0.2) is 5.92 Å². The predicted molar refractivity (Wildman–Crippen MR) is 59.9 cm³/mol. The summed E-state index contributed by atoms with van der Waals surface area (Å²) in [5.41, 5.74) is 0.941. The number of aliphatic carboxylic acids is 2. The molecule has 5 heteroatoms. The van der Waals surface area contributed by atoms with Crippen molar-refractivity contribution in [1.82, 2.24) is 0 Å². The van der Waals surface area contributed by atoms with E-state index in [1.165, 1.54) is 0 Å². The minimum Gasteiger partial charge on any atom is -0.481 e. The van der Waals surface area contributed by atoms with Crippen LogP contribution in [0.3, 0.4) is 0 Å². The predicted octanol–water partition coefficient (Wildman–Crippen LogP) is 1.87. The summed E-state index contributed by atoms with van der Waals surface area (Å²) in [6.07, 6.45) is 1.58. The highest BCUT2D eigenvalue weighted by atomic mass is 16.4. The SMILES string of the molecule is CCCc1oc(CC(C(=O)O)C(=O)O)cc1C. The van der Waals surface area contributed by atoms with Gasteiger partial charge in [0.25, 0.3) is 0 Å². The van der Waals surface area contributed by atoms with Gasteiger partial charge in [0.1, 0.15) is 11.5 Å². The van der Waals surface area contributed by atoms with Crippen molar-refractivity contribution in [2.24, 2.45) is 5.92 Å². The quantitative estimate of drug-likeness (QED) is 0.741. The zero-order valence-corrected chi connectivity index (χ0v) is 9.90. The summed E-state index contributed by atoms with van der Waals surface area (Å²) in [6, 6.07) is 1.71. The Hall–Kier alpha value is -1.78. The molecule has 0 saturated heterocycles. The summed E-state index contributed by atoms with van der Waals surface area (Å²) in [7, 11) is 0. The van der Waals surface area contributed by atoms with E-state index in [4.69, 9.17) is 14.6 Å². The van der Waals surface area contributed by atoms with Crippen LogP contribution in [0.15, 0.2) is 10.5 Å². The molecule has 0 aliphatic rings. The van der Waals surface area contributed by atoms with Gasteiger partial charge in [-0.3, -0.25) is 9.59 Å². The Labute approximate surface area is 99.1 Å². The fourth-order valence-corrected chi connectivity index (χ4v) is 1.65. The van der Waals surface area contributed by atoms with Crippen LogP contribution in [0.25, 0.3) is 0 Å². The van der Waals surface area contributed by atoms with Crippen LogP contribution in [-0.4, -0.2) is 22.2 Å². The van der Waals surface area contributed by atoms with Crippen molar-refractivity contribution in [2.45, 2.75) is 33.1 Å². The summed E-state index contributed by atoms with van der Waals surface area (Å²) in [5, 5.41) is 17.5. The lowest BCUT2D eigenvalue weighted by Crippen LogP contribution is -2.25. The molecule has 0 fully saturated rings. The summed E-state index contributed by atoms with van der Waals surface area (Å²) in [6.45, 7) is 3.88. The van der Waals surface area contributed by atoms with Gasteiger partial charge in [0.2, 0.25) is 0 Å². The van der Waals surface area contributed by atoms with Gasteiger partial charge in [-0.15, -0.1) is 0 Å². The second-order valence-corrected chi connectivity index (χ2v) is 4.00. The fraction of sp³-hybridized carbons (Fsp3) is 0.500. The molecule has 1 aromatic rings. The van der Waals surface area contributed by atoms with E-state index in [-0.39, 0.29) is 6.42 Å². The molecule has 0 aliphatic heterocycles. The first-order valence-corrected chi connectivity index (χ1v) is 5.49. The van der Waals surface area contributed by atoms with Gasteiger partial charge in [-0.05, 0) is 25.0 Å². The van der Waals surface area contributed by atoms with E-state index in [9.17, 15) is 9.59 Å². The highest BCUT2D eigenvalue weighted by Crippen LogP contribution is 2.19. The van der Waals surface area contributed by atoms with Crippen LogP contribution in [0, 0.1) is 12.8 Å². The summed E-state index contributed by atoms with van der Waals surface area (Å²) < 4.78 is 5.46. The lowest BCUT2D eigenvalue weighted by molar-refractivity contribution is -0.154. The topological polar surface area (TPSA) is 87.7 Å². The smallest absolute Gasteiger partial charge is 0.318 e. The molecule has 2 N–H and O–H groups in total. The number of furan rings is 1. The average Bonchev–Trinajstić information content (AvgIpc) is 2.56. The number of hydrogen-bond donors (Lipinski definition) is 2. The Morgan fingerprint density at radius 1 is 1.35 bits per heavy atom. The van der Waals surface area contributed by atoms with Crippen molar-refractivity contribution >= 4 is 11.9 Å². The minimum absolute atomic E-state index is 0.116. The van der Waals surface area contributed by atoms with Crippen molar-refractivity contribution in [3.05, 3.63) is 23.2 Å². The molecule has 0 saturated carbocycles. The number of rotatable bonds is 6. The van der Waals surface area contributed by atoms with Crippen LogP contribution in [-0.2, 0) is 22.4 Å². The van der Waals surface area contributed by atoms with E-state index >= 15 is 0 Å². The molecule has 0 radical (unpaired) electrons. The maximum absolute atomic E-state index is 10.7. The Kier molecular flexibility index (Phi) is 4.31. The van der Waals surface area contributed by atoms with Gasteiger partial charge in [-0.2, -0.15) is 0 Å². The lowest BCUT2D eigenvalue weighted by atomic mass is 10.0. The zero-order chi connectivity index (χ0) is 13.0. The van der Waals surface area contributed by atoms with Crippen molar-refractivity contribution in [3.8, 4) is 0 Å². The lowest BCUT2D eigenvalue weighted by Gasteiger charge is -2.04. The molecule has 1 rings (SSSR count). The van der Waals surface area contributed by atoms with E-state index in [0.717, 1.165) is 24.2 Å².